The van der Waals surface area contributed by atoms with Gasteiger partial charge in [-0.1, -0.05) is 29.8 Å². The number of urea groups is 1. The summed E-state index contributed by atoms with van der Waals surface area (Å²) < 4.78 is 23.2. The van der Waals surface area contributed by atoms with Gasteiger partial charge in [0.15, 0.2) is 5.84 Å². The largest absolute Gasteiger partial charge is 0.348 e. The van der Waals surface area contributed by atoms with Crippen molar-refractivity contribution in [3.05, 3.63) is 35.4 Å². The molecule has 8 nitrogen and oxygen atoms in total. The molecule has 9 heteroatoms. The van der Waals surface area contributed by atoms with E-state index in [4.69, 9.17) is 19.3 Å². The Kier molecular flexibility index (Phi) is 7.17. The molecule has 1 aromatic carbocycles. The third-order valence-corrected chi connectivity index (χ3v) is 6.39. The van der Waals surface area contributed by atoms with Crippen LogP contribution in [-0.2, 0) is 25.1 Å². The van der Waals surface area contributed by atoms with E-state index in [0.717, 1.165) is 16.2 Å². The van der Waals surface area contributed by atoms with E-state index in [-0.39, 0.29) is 38.2 Å². The number of aryl methyl sites for hydroxylation is 1. The van der Waals surface area contributed by atoms with Crippen molar-refractivity contribution in [1.29, 1.82) is 5.41 Å². The molecule has 0 aliphatic carbocycles. The first kappa shape index (κ1) is 21.6. The van der Waals surface area contributed by atoms with E-state index in [1.807, 2.05) is 31.2 Å². The molecule has 1 aliphatic heterocycles. The van der Waals surface area contributed by atoms with Gasteiger partial charge >= 0.3 is 13.6 Å². The number of nitrogens with one attached hydrogen (secondary N) is 2. The minimum Gasteiger partial charge on any atom is -0.323 e. The summed E-state index contributed by atoms with van der Waals surface area (Å²) in [6, 6.07) is 7.21. The second kappa shape index (κ2) is 8.97. The Morgan fingerprint density at radius 2 is 1.78 bits per heavy atom. The summed E-state index contributed by atoms with van der Waals surface area (Å²) in [7, 11) is -3.26. The Bertz CT molecular complexity index is 714. The average Bonchev–Trinajstić information content (AvgIpc) is 2.83. The zero-order valence-corrected chi connectivity index (χ0v) is 17.2. The highest BCUT2D eigenvalue weighted by Gasteiger charge is 2.47. The van der Waals surface area contributed by atoms with Crippen molar-refractivity contribution >= 4 is 19.5 Å². The van der Waals surface area contributed by atoms with Gasteiger partial charge in [-0.3, -0.25) is 14.8 Å². The molecule has 150 valence electrons. The molecule has 1 saturated heterocycles. The number of nitrogens with zero attached hydrogens (tertiary/aromatic N) is 1. The van der Waals surface area contributed by atoms with E-state index < -0.39 is 19.2 Å². The molecule has 1 fully saturated rings. The van der Waals surface area contributed by atoms with Gasteiger partial charge in [-0.15, -0.1) is 0 Å². The summed E-state index contributed by atoms with van der Waals surface area (Å²) in [4.78, 5) is 17.8. The zero-order valence-electron chi connectivity index (χ0n) is 16.3. The van der Waals surface area contributed by atoms with Gasteiger partial charge in [0.2, 0.25) is 0 Å². The molecule has 1 atom stereocenters. The summed E-state index contributed by atoms with van der Waals surface area (Å²) in [6.45, 7) is 7.88. The number of carbonyl (C=O) groups excluding carboxylic acids is 1. The summed E-state index contributed by atoms with van der Waals surface area (Å²) in [5.74, 6) is -0.0286. The lowest BCUT2D eigenvalue weighted by Crippen LogP contribution is -2.44. The topological polar surface area (TPSA) is 101 Å². The maximum Gasteiger partial charge on any atom is 0.348 e. The van der Waals surface area contributed by atoms with E-state index >= 15 is 0 Å². The molecule has 0 radical (unpaired) electrons. The van der Waals surface area contributed by atoms with Crippen LogP contribution >= 0.6 is 7.60 Å². The quantitative estimate of drug-likeness (QED) is 0.584. The van der Waals surface area contributed by atoms with Crippen LogP contribution in [0.5, 0.6) is 0 Å². The molecule has 0 bridgehead atoms. The van der Waals surface area contributed by atoms with Gasteiger partial charge in [0, 0.05) is 0 Å². The third-order valence-electron chi connectivity index (χ3n) is 4.31. The van der Waals surface area contributed by atoms with Crippen LogP contribution in [0.25, 0.3) is 0 Å². The highest BCUT2D eigenvalue weighted by Crippen LogP contribution is 2.49. The Morgan fingerprint density at radius 1 is 1.19 bits per heavy atom. The zero-order chi connectivity index (χ0) is 20.1. The first-order chi connectivity index (χ1) is 12.7. The van der Waals surface area contributed by atoms with E-state index in [9.17, 15) is 9.36 Å². The highest BCUT2D eigenvalue weighted by atomic mass is 31.2. The first-order valence-corrected chi connectivity index (χ1v) is 10.7. The van der Waals surface area contributed by atoms with E-state index in [2.05, 4.69) is 5.32 Å². The van der Waals surface area contributed by atoms with Crippen LogP contribution in [0.15, 0.2) is 24.3 Å². The predicted molar refractivity (Wildman–Crippen MR) is 103 cm³/mol. The molecule has 2 N–H and O–H groups in total. The SMILES string of the molecule is CCOP(=O)(CCC1(C)NC(=O)N(OCc2ccc(C)cc2)C1=N)OCC. The molecule has 0 spiro atoms. The fourth-order valence-electron chi connectivity index (χ4n) is 2.72. The van der Waals surface area contributed by atoms with Gasteiger partial charge in [-0.2, -0.15) is 5.06 Å². The Labute approximate surface area is 160 Å². The number of hydrogen-bond donors (Lipinski definition) is 2. The molecule has 0 saturated carbocycles. The van der Waals surface area contributed by atoms with Crippen molar-refractivity contribution in [2.75, 3.05) is 19.4 Å². The number of carbonyl (C=O) groups is 1. The van der Waals surface area contributed by atoms with Crippen LogP contribution in [0.4, 0.5) is 4.79 Å². The number of rotatable bonds is 10. The maximum absolute atomic E-state index is 12.6. The molecule has 1 unspecified atom stereocenters. The second-order valence-corrected chi connectivity index (χ2v) is 8.77. The van der Waals surface area contributed by atoms with Gasteiger partial charge in [0.05, 0.1) is 24.9 Å². The van der Waals surface area contributed by atoms with Crippen molar-refractivity contribution in [3.63, 3.8) is 0 Å². The van der Waals surface area contributed by atoms with Crippen molar-refractivity contribution in [2.24, 2.45) is 0 Å². The van der Waals surface area contributed by atoms with E-state index in [1.54, 1.807) is 20.8 Å². The molecule has 1 heterocycles. The van der Waals surface area contributed by atoms with E-state index in [1.165, 1.54) is 0 Å². The van der Waals surface area contributed by atoms with Gasteiger partial charge in [-0.25, -0.2) is 4.79 Å². The molecular weight excluding hydrogens is 369 g/mol. The fraction of sp³-hybridized carbons (Fsp3) is 0.556. The van der Waals surface area contributed by atoms with Crippen LogP contribution in [0.1, 0.15) is 38.3 Å². The van der Waals surface area contributed by atoms with Crippen molar-refractivity contribution < 1.29 is 23.2 Å². The van der Waals surface area contributed by atoms with Crippen molar-refractivity contribution in [2.45, 2.75) is 46.3 Å². The number of hydrogen-bond acceptors (Lipinski definition) is 6. The highest BCUT2D eigenvalue weighted by molar-refractivity contribution is 7.53. The summed E-state index contributed by atoms with van der Waals surface area (Å²) in [6.07, 6.45) is 0.332. The molecule has 2 amide bonds. The number of benzene rings is 1. The maximum atomic E-state index is 12.6. The summed E-state index contributed by atoms with van der Waals surface area (Å²) in [5.41, 5.74) is 1.02. The fourth-order valence-corrected chi connectivity index (χ4v) is 4.56. The predicted octanol–water partition coefficient (Wildman–Crippen LogP) is 3.84. The average molecular weight is 397 g/mol. The second-order valence-electron chi connectivity index (χ2n) is 6.58. The monoisotopic (exact) mass is 397 g/mol. The molecule has 27 heavy (non-hydrogen) atoms. The van der Waals surface area contributed by atoms with Crippen LogP contribution in [0.3, 0.4) is 0 Å². The van der Waals surface area contributed by atoms with Crippen molar-refractivity contribution in [1.82, 2.24) is 10.4 Å². The Balaban J connectivity index is 2.00. The number of hydroxylamine groups is 2. The molecule has 2 rings (SSSR count). The minimum absolute atomic E-state index is 0.0286. The summed E-state index contributed by atoms with van der Waals surface area (Å²) in [5, 5.41) is 12.0. The Hall–Kier alpha value is -1.73. The normalized spacial score (nSPS) is 20.2. The number of amidine groups is 1. The molecule has 1 aliphatic rings. The lowest BCUT2D eigenvalue weighted by molar-refractivity contribution is -0.0687. The molecule has 0 aromatic heterocycles. The van der Waals surface area contributed by atoms with Gasteiger partial charge in [0.1, 0.15) is 6.61 Å². The van der Waals surface area contributed by atoms with Gasteiger partial charge in [-0.05, 0) is 39.7 Å². The lowest BCUT2D eigenvalue weighted by atomic mass is 9.99. The minimum atomic E-state index is -3.26. The van der Waals surface area contributed by atoms with Crippen LogP contribution in [0.2, 0.25) is 0 Å². The smallest absolute Gasteiger partial charge is 0.323 e. The van der Waals surface area contributed by atoms with Crippen molar-refractivity contribution in [3.8, 4) is 0 Å². The molecular formula is C18H28N3O5P. The lowest BCUT2D eigenvalue weighted by Gasteiger charge is -2.26. The standard InChI is InChI=1S/C18H28N3O5P/c1-5-25-27(23,26-6-2)12-11-18(4)16(19)21(17(22)20-18)24-13-15-9-7-14(3)8-10-15/h7-10,19H,5-6,11-13H2,1-4H3,(H,20,22). The van der Waals surface area contributed by atoms with Crippen LogP contribution in [-0.4, -0.2) is 41.8 Å². The van der Waals surface area contributed by atoms with Gasteiger partial charge in [0.25, 0.3) is 0 Å². The van der Waals surface area contributed by atoms with Gasteiger partial charge < -0.3 is 14.4 Å². The first-order valence-electron chi connectivity index (χ1n) is 9.01. The van der Waals surface area contributed by atoms with E-state index in [0.29, 0.717) is 0 Å². The van der Waals surface area contributed by atoms with Crippen LogP contribution < -0.4 is 5.32 Å². The molecule has 1 aromatic rings. The Morgan fingerprint density at radius 3 is 2.33 bits per heavy atom. The van der Waals surface area contributed by atoms with Crippen LogP contribution in [0, 0.1) is 12.3 Å². The number of amides is 2. The summed E-state index contributed by atoms with van der Waals surface area (Å²) >= 11 is 0. The third kappa shape index (κ3) is 5.39.